The molecule has 0 spiro atoms. The number of hydrogen-bond donors (Lipinski definition) is 5. The highest BCUT2D eigenvalue weighted by atomic mass is 32.2. The van der Waals surface area contributed by atoms with Crippen LogP contribution in [0.3, 0.4) is 0 Å². The number of carbonyl (C=O) groups is 5. The van der Waals surface area contributed by atoms with E-state index in [1.165, 1.54) is 21.3 Å². The van der Waals surface area contributed by atoms with Crippen LogP contribution in [0.15, 0.2) is 46.8 Å². The normalized spacial score (nSPS) is 18.7. The molecule has 20 heteroatoms. The minimum absolute atomic E-state index is 0.0729. The number of thioether (sulfide) groups is 2. The summed E-state index contributed by atoms with van der Waals surface area (Å²) in [4.78, 5) is 58.4. The number of tetrazole rings is 1. The number of carboxylic acid groups (broad SMARTS) is 3. The largest absolute Gasteiger partial charge is 0.490 e. The van der Waals surface area contributed by atoms with Crippen LogP contribution in [0.1, 0.15) is 18.0 Å². The number of aliphatic carboxylic acids is 3. The number of carboxylic acids is 3. The van der Waals surface area contributed by atoms with E-state index in [0.717, 1.165) is 11.8 Å². The van der Waals surface area contributed by atoms with Crippen molar-refractivity contribution >= 4 is 53.2 Å². The van der Waals surface area contributed by atoms with Crippen LogP contribution >= 0.6 is 23.5 Å². The standard InChI is InChI=1S/C20H21N7O6S2.C2HF3O2/c21-13(10-4-2-1-3-5-10)16(30)22-14-17(31)27-15(19(32)33)11(8-34-18(14)27)9-35-20-23-24-25-26(20)7-6-12(28)29;3-2(4,5)1(6)7/h1-5,13-14,18H,6-9,21H2,(H,22,30)(H,28,29)(H,32,33);(H,6,7)/t13?,14?,18-;/m0./s1. The number of benzene rings is 1. The van der Waals surface area contributed by atoms with Gasteiger partial charge in [-0.15, -0.1) is 16.9 Å². The van der Waals surface area contributed by atoms with Gasteiger partial charge in [0.1, 0.15) is 23.2 Å². The molecular weight excluding hydrogens is 611 g/mol. The summed E-state index contributed by atoms with van der Waals surface area (Å²) in [6.07, 6.45) is -5.25. The predicted molar refractivity (Wildman–Crippen MR) is 138 cm³/mol. The molecule has 0 saturated carbocycles. The molecule has 0 bridgehead atoms. The van der Waals surface area contributed by atoms with E-state index in [2.05, 4.69) is 20.8 Å². The van der Waals surface area contributed by atoms with E-state index in [1.807, 2.05) is 0 Å². The van der Waals surface area contributed by atoms with E-state index in [-0.39, 0.29) is 24.4 Å². The Morgan fingerprint density at radius 1 is 1.17 bits per heavy atom. The van der Waals surface area contributed by atoms with Gasteiger partial charge in [-0.3, -0.25) is 19.3 Å². The number of rotatable bonds is 10. The second-order valence-electron chi connectivity index (χ2n) is 8.46. The number of aromatic nitrogens is 4. The number of fused-ring (bicyclic) bond motifs is 1. The van der Waals surface area contributed by atoms with Crippen molar-refractivity contribution in [3.8, 4) is 0 Å². The molecule has 2 aliphatic heterocycles. The third kappa shape index (κ3) is 7.76. The van der Waals surface area contributed by atoms with Crippen molar-refractivity contribution in [2.24, 2.45) is 5.73 Å². The summed E-state index contributed by atoms with van der Waals surface area (Å²) in [5.41, 5.74) is 6.98. The summed E-state index contributed by atoms with van der Waals surface area (Å²) in [6, 6.07) is 6.89. The van der Waals surface area contributed by atoms with Gasteiger partial charge in [0.2, 0.25) is 11.1 Å². The van der Waals surface area contributed by atoms with Crippen LogP contribution in [0.2, 0.25) is 0 Å². The first-order chi connectivity index (χ1) is 19.7. The number of aryl methyl sites for hydroxylation is 1. The van der Waals surface area contributed by atoms with Crippen LogP contribution < -0.4 is 11.1 Å². The van der Waals surface area contributed by atoms with Crippen molar-refractivity contribution in [3.05, 3.63) is 47.2 Å². The monoisotopic (exact) mass is 633 g/mol. The molecule has 226 valence electrons. The molecule has 3 heterocycles. The summed E-state index contributed by atoms with van der Waals surface area (Å²) in [6.45, 7) is 0.0729. The van der Waals surface area contributed by atoms with Gasteiger partial charge in [-0.05, 0) is 21.6 Å². The Bertz CT molecular complexity index is 1390. The maximum atomic E-state index is 12.8. The molecule has 0 aliphatic carbocycles. The molecular formula is C22H22F3N7O8S2. The van der Waals surface area contributed by atoms with E-state index in [9.17, 15) is 37.5 Å². The number of alkyl halides is 3. The summed E-state index contributed by atoms with van der Waals surface area (Å²) in [5, 5.41) is 39.4. The molecule has 15 nitrogen and oxygen atoms in total. The molecule has 42 heavy (non-hydrogen) atoms. The van der Waals surface area contributed by atoms with E-state index in [4.69, 9.17) is 20.7 Å². The molecule has 4 rings (SSSR count). The maximum Gasteiger partial charge on any atom is 0.490 e. The first-order valence-electron chi connectivity index (χ1n) is 11.6. The van der Waals surface area contributed by atoms with Gasteiger partial charge >= 0.3 is 24.1 Å². The third-order valence-electron chi connectivity index (χ3n) is 5.64. The molecule has 1 fully saturated rings. The SMILES string of the molecule is NC(C(=O)NC1C(=O)N2C(C(=O)O)=C(CSc3nnnn3CCC(=O)O)CS[C@@H]12)c1ccccc1.O=C(O)C(F)(F)F. The topological polar surface area (TPSA) is 231 Å². The highest BCUT2D eigenvalue weighted by Crippen LogP contribution is 2.41. The number of carbonyl (C=O) groups excluding carboxylic acids is 2. The molecule has 2 aliphatic rings. The average molecular weight is 634 g/mol. The van der Waals surface area contributed by atoms with Crippen LogP contribution in [-0.2, 0) is 30.5 Å². The zero-order valence-corrected chi connectivity index (χ0v) is 22.7. The Balaban J connectivity index is 0.000000616. The lowest BCUT2D eigenvalue weighted by Gasteiger charge is -2.49. The van der Waals surface area contributed by atoms with Crippen molar-refractivity contribution in [2.45, 2.75) is 41.8 Å². The molecule has 0 radical (unpaired) electrons. The Labute approximate surface area is 242 Å². The lowest BCUT2D eigenvalue weighted by atomic mass is 10.0. The van der Waals surface area contributed by atoms with Gasteiger partial charge in [-0.2, -0.15) is 13.2 Å². The zero-order chi connectivity index (χ0) is 31.2. The summed E-state index contributed by atoms with van der Waals surface area (Å²) < 4.78 is 33.1. The minimum Gasteiger partial charge on any atom is -0.481 e. The van der Waals surface area contributed by atoms with Gasteiger partial charge in [-0.25, -0.2) is 14.3 Å². The fourth-order valence-corrected chi connectivity index (χ4v) is 6.03. The van der Waals surface area contributed by atoms with E-state index in [1.54, 1.807) is 30.3 Å². The van der Waals surface area contributed by atoms with Crippen molar-refractivity contribution in [1.82, 2.24) is 30.4 Å². The number of hydrogen-bond acceptors (Lipinski definition) is 11. The van der Waals surface area contributed by atoms with Crippen molar-refractivity contribution in [3.63, 3.8) is 0 Å². The molecule has 1 aromatic carbocycles. The first kappa shape index (κ1) is 32.3. The zero-order valence-electron chi connectivity index (χ0n) is 21.1. The molecule has 1 saturated heterocycles. The molecule has 2 amide bonds. The van der Waals surface area contributed by atoms with Gasteiger partial charge in [-0.1, -0.05) is 42.1 Å². The van der Waals surface area contributed by atoms with Crippen molar-refractivity contribution in [2.75, 3.05) is 11.5 Å². The molecule has 3 atom stereocenters. The van der Waals surface area contributed by atoms with Crippen LogP contribution in [0.4, 0.5) is 13.2 Å². The smallest absolute Gasteiger partial charge is 0.481 e. The molecule has 6 N–H and O–H groups in total. The minimum atomic E-state index is -5.08. The number of amides is 2. The summed E-state index contributed by atoms with van der Waals surface area (Å²) in [7, 11) is 0. The Morgan fingerprint density at radius 3 is 2.38 bits per heavy atom. The quantitative estimate of drug-likeness (QED) is 0.175. The van der Waals surface area contributed by atoms with Gasteiger partial charge < -0.3 is 26.4 Å². The average Bonchev–Trinajstić information content (AvgIpc) is 3.40. The Hall–Kier alpha value is -4.17. The van der Waals surface area contributed by atoms with Gasteiger partial charge in [0.05, 0.1) is 13.0 Å². The van der Waals surface area contributed by atoms with E-state index >= 15 is 0 Å². The first-order valence-corrected chi connectivity index (χ1v) is 13.7. The fourth-order valence-electron chi connectivity index (χ4n) is 3.64. The summed E-state index contributed by atoms with van der Waals surface area (Å²) in [5.74, 6) is -5.55. The van der Waals surface area contributed by atoms with E-state index < -0.39 is 53.4 Å². The second kappa shape index (κ2) is 13.7. The summed E-state index contributed by atoms with van der Waals surface area (Å²) >= 11 is 2.49. The maximum absolute atomic E-state index is 12.8. The van der Waals surface area contributed by atoms with Crippen LogP contribution in [0.5, 0.6) is 0 Å². The van der Waals surface area contributed by atoms with Crippen molar-refractivity contribution < 1.29 is 52.5 Å². The Morgan fingerprint density at radius 2 is 1.81 bits per heavy atom. The molecule has 1 aromatic heterocycles. The fraction of sp³-hybridized carbons (Fsp3) is 0.364. The number of β-lactam (4-membered cyclic amide) rings is 1. The number of nitrogens with one attached hydrogen (secondary N) is 1. The Kier molecular flexibility index (Phi) is 10.5. The lowest BCUT2D eigenvalue weighted by molar-refractivity contribution is -0.192. The van der Waals surface area contributed by atoms with Gasteiger partial charge in [0.25, 0.3) is 5.91 Å². The number of halogens is 3. The highest BCUT2D eigenvalue weighted by Gasteiger charge is 2.54. The second-order valence-corrected chi connectivity index (χ2v) is 10.5. The molecule has 2 unspecified atom stereocenters. The van der Waals surface area contributed by atoms with Gasteiger partial charge in [0.15, 0.2) is 0 Å². The predicted octanol–water partition coefficient (Wildman–Crippen LogP) is 0.312. The number of nitrogens with zero attached hydrogens (tertiary/aromatic N) is 5. The van der Waals surface area contributed by atoms with Crippen LogP contribution in [0, 0.1) is 0 Å². The van der Waals surface area contributed by atoms with Crippen LogP contribution in [-0.4, -0.2) is 99.2 Å². The van der Waals surface area contributed by atoms with Crippen LogP contribution in [0.25, 0.3) is 0 Å². The third-order valence-corrected chi connectivity index (χ3v) is 8.03. The van der Waals surface area contributed by atoms with Crippen molar-refractivity contribution in [1.29, 1.82) is 0 Å². The van der Waals surface area contributed by atoms with E-state index in [0.29, 0.717) is 22.0 Å². The van der Waals surface area contributed by atoms with Gasteiger partial charge in [0, 0.05) is 11.5 Å². The lowest BCUT2D eigenvalue weighted by Crippen LogP contribution is -2.71. The molecule has 2 aromatic rings. The number of nitrogens with two attached hydrogens (primary N) is 1. The highest BCUT2D eigenvalue weighted by molar-refractivity contribution is 8.01.